The molecule has 18 heavy (non-hydrogen) atoms. The average Bonchev–Trinajstić information content (AvgIpc) is 2.57. The Morgan fingerprint density at radius 2 is 2.00 bits per heavy atom. The molecule has 4 nitrogen and oxygen atoms in total. The molecule has 0 amide bonds. The predicted octanol–water partition coefficient (Wildman–Crippen LogP) is 3.31. The van der Waals surface area contributed by atoms with Crippen molar-refractivity contribution in [3.05, 3.63) is 33.2 Å². The Hall–Kier alpha value is -1.41. The molecule has 0 aliphatic carbocycles. The Labute approximate surface area is 109 Å². The summed E-state index contributed by atoms with van der Waals surface area (Å²) in [5.74, 6) is 0.142. The van der Waals surface area contributed by atoms with Crippen molar-refractivity contribution in [1.29, 1.82) is 0 Å². The highest BCUT2D eigenvalue weighted by atomic mass is 35.5. The fourth-order valence-corrected chi connectivity index (χ4v) is 1.73. The van der Waals surface area contributed by atoms with Crippen molar-refractivity contribution in [2.75, 3.05) is 0 Å². The molecule has 0 atom stereocenters. The predicted molar refractivity (Wildman–Crippen MR) is 61.3 cm³/mol. The lowest BCUT2D eigenvalue weighted by Crippen LogP contribution is -2.09. The van der Waals surface area contributed by atoms with Gasteiger partial charge in [-0.1, -0.05) is 23.8 Å². The van der Waals surface area contributed by atoms with Crippen LogP contribution in [0.1, 0.15) is 11.3 Å². The normalized spacial score (nSPS) is 11.8. The molecule has 2 heterocycles. The Balaban J connectivity index is 2.60. The van der Waals surface area contributed by atoms with Gasteiger partial charge < -0.3 is 0 Å². The Morgan fingerprint density at radius 3 is 2.44 bits per heavy atom. The third-order valence-electron chi connectivity index (χ3n) is 2.25. The minimum atomic E-state index is -4.50. The van der Waals surface area contributed by atoms with Gasteiger partial charge in [-0.25, -0.2) is 4.68 Å². The first-order valence-electron chi connectivity index (χ1n) is 4.69. The Bertz CT molecular complexity index is 629. The molecule has 96 valence electrons. The lowest BCUT2D eigenvalue weighted by Gasteiger charge is -2.04. The van der Waals surface area contributed by atoms with Gasteiger partial charge in [0, 0.05) is 5.56 Å². The van der Waals surface area contributed by atoms with E-state index in [2.05, 4.69) is 15.3 Å². The minimum Gasteiger partial charge on any atom is -0.287 e. The van der Waals surface area contributed by atoms with Crippen molar-refractivity contribution >= 4 is 23.8 Å². The lowest BCUT2D eigenvalue weighted by molar-refractivity contribution is -0.141. The van der Waals surface area contributed by atoms with E-state index in [0.29, 0.717) is 0 Å². The molecule has 0 radical (unpaired) electrons. The van der Waals surface area contributed by atoms with Crippen LogP contribution >= 0.6 is 23.8 Å². The zero-order chi connectivity index (χ0) is 13.5. The van der Waals surface area contributed by atoms with Crippen LogP contribution in [0.25, 0.3) is 5.82 Å². The maximum absolute atomic E-state index is 12.7. The van der Waals surface area contributed by atoms with E-state index in [1.54, 1.807) is 0 Å². The molecule has 0 aliphatic rings. The topological polar surface area (TPSA) is 46.5 Å². The van der Waals surface area contributed by atoms with Gasteiger partial charge in [0.2, 0.25) is 0 Å². The molecule has 0 fully saturated rings. The fourth-order valence-electron chi connectivity index (χ4n) is 1.39. The highest BCUT2D eigenvalue weighted by Gasteiger charge is 2.35. The molecule has 0 spiro atoms. The van der Waals surface area contributed by atoms with Crippen molar-refractivity contribution in [2.24, 2.45) is 0 Å². The molecule has 0 saturated heterocycles. The van der Waals surface area contributed by atoms with Crippen molar-refractivity contribution in [3.63, 3.8) is 0 Å². The average molecular weight is 295 g/mol. The largest absolute Gasteiger partial charge is 0.433 e. The number of nitrogens with one attached hydrogen (secondary N) is 1. The number of hydrogen-bond donors (Lipinski definition) is 1. The second-order valence-corrected chi connectivity index (χ2v) is 4.24. The molecule has 0 bridgehead atoms. The van der Waals surface area contributed by atoms with Gasteiger partial charge in [-0.05, 0) is 19.1 Å². The molecule has 0 saturated carbocycles. The van der Waals surface area contributed by atoms with E-state index in [9.17, 15) is 13.2 Å². The van der Waals surface area contributed by atoms with Gasteiger partial charge >= 0.3 is 6.18 Å². The maximum Gasteiger partial charge on any atom is 0.433 e. The van der Waals surface area contributed by atoms with E-state index >= 15 is 0 Å². The standard InChI is InChI=1S/C9H6ClF3N4S/c1-4-7(9(11,12)13)16-17(8(4)18)6-3-2-5(10)14-15-6/h2-3,16H,1H3. The fraction of sp³-hybridized carbons (Fsp3) is 0.222. The van der Waals surface area contributed by atoms with Crippen LogP contribution < -0.4 is 0 Å². The summed E-state index contributed by atoms with van der Waals surface area (Å²) in [4.78, 5) is 0. The molecule has 2 aromatic rings. The van der Waals surface area contributed by atoms with E-state index in [4.69, 9.17) is 23.8 Å². The Morgan fingerprint density at radius 1 is 1.33 bits per heavy atom. The number of aromatic amines is 1. The van der Waals surface area contributed by atoms with Gasteiger partial charge in [0.25, 0.3) is 0 Å². The summed E-state index contributed by atoms with van der Waals surface area (Å²) in [6.07, 6.45) is -4.50. The number of rotatable bonds is 1. The molecule has 0 aromatic carbocycles. The molecule has 2 rings (SSSR count). The maximum atomic E-state index is 12.7. The third kappa shape index (κ3) is 2.25. The zero-order valence-electron chi connectivity index (χ0n) is 8.92. The van der Waals surface area contributed by atoms with Crippen LogP contribution in [0.15, 0.2) is 12.1 Å². The monoisotopic (exact) mass is 294 g/mol. The van der Waals surface area contributed by atoms with Gasteiger partial charge in [-0.2, -0.15) is 13.2 Å². The van der Waals surface area contributed by atoms with Crippen LogP contribution in [0.5, 0.6) is 0 Å². The third-order valence-corrected chi connectivity index (χ3v) is 2.94. The highest BCUT2D eigenvalue weighted by molar-refractivity contribution is 7.71. The Kier molecular flexibility index (Phi) is 3.16. The number of H-pyrrole nitrogens is 1. The van der Waals surface area contributed by atoms with Crippen molar-refractivity contribution in [1.82, 2.24) is 20.0 Å². The first-order valence-corrected chi connectivity index (χ1v) is 5.47. The highest BCUT2D eigenvalue weighted by Crippen LogP contribution is 2.31. The van der Waals surface area contributed by atoms with E-state index in [0.717, 1.165) is 4.68 Å². The smallest absolute Gasteiger partial charge is 0.287 e. The molecule has 0 aliphatic heterocycles. The molecule has 0 unspecified atom stereocenters. The number of hydrogen-bond acceptors (Lipinski definition) is 3. The summed E-state index contributed by atoms with van der Waals surface area (Å²) in [6.45, 7) is 1.29. The molecule has 1 N–H and O–H groups in total. The molecule has 9 heteroatoms. The number of alkyl halides is 3. The lowest BCUT2D eigenvalue weighted by atomic mass is 10.3. The summed E-state index contributed by atoms with van der Waals surface area (Å²) in [5.41, 5.74) is -0.960. The summed E-state index contributed by atoms with van der Waals surface area (Å²) >= 11 is 10.5. The van der Waals surface area contributed by atoms with E-state index < -0.39 is 11.9 Å². The zero-order valence-corrected chi connectivity index (χ0v) is 10.5. The second-order valence-electron chi connectivity index (χ2n) is 3.46. The van der Waals surface area contributed by atoms with E-state index in [1.165, 1.54) is 19.1 Å². The summed E-state index contributed by atoms with van der Waals surface area (Å²) in [7, 11) is 0. The van der Waals surface area contributed by atoms with Gasteiger partial charge in [-0.15, -0.1) is 10.2 Å². The van der Waals surface area contributed by atoms with Gasteiger partial charge in [0.05, 0.1) is 0 Å². The van der Waals surface area contributed by atoms with Gasteiger partial charge in [-0.3, -0.25) is 5.10 Å². The van der Waals surface area contributed by atoms with Gasteiger partial charge in [0.15, 0.2) is 11.0 Å². The van der Waals surface area contributed by atoms with Crippen LogP contribution in [0, 0.1) is 11.6 Å². The number of aromatic nitrogens is 4. The van der Waals surface area contributed by atoms with E-state index in [-0.39, 0.29) is 21.2 Å². The van der Waals surface area contributed by atoms with Crippen LogP contribution in [0.2, 0.25) is 5.15 Å². The summed E-state index contributed by atoms with van der Waals surface area (Å²) in [5, 5.41) is 9.52. The van der Waals surface area contributed by atoms with Crippen molar-refractivity contribution in [2.45, 2.75) is 13.1 Å². The van der Waals surface area contributed by atoms with Crippen LogP contribution in [0.3, 0.4) is 0 Å². The summed E-state index contributed by atoms with van der Waals surface area (Å²) < 4.78 is 39.1. The van der Waals surface area contributed by atoms with Crippen LogP contribution in [0.4, 0.5) is 13.2 Å². The number of halogens is 4. The first-order chi connectivity index (χ1) is 8.30. The van der Waals surface area contributed by atoms with Gasteiger partial charge in [0.1, 0.15) is 10.3 Å². The minimum absolute atomic E-state index is 0.000975. The second kappa shape index (κ2) is 4.36. The van der Waals surface area contributed by atoms with Crippen molar-refractivity contribution in [3.8, 4) is 5.82 Å². The van der Waals surface area contributed by atoms with Crippen molar-refractivity contribution < 1.29 is 13.2 Å². The SMILES string of the molecule is Cc1c(C(F)(F)F)[nH]n(-c2ccc(Cl)nn2)c1=S. The van der Waals surface area contributed by atoms with Crippen LogP contribution in [-0.2, 0) is 6.18 Å². The van der Waals surface area contributed by atoms with E-state index in [1.807, 2.05) is 0 Å². The molecular weight excluding hydrogens is 289 g/mol. The summed E-state index contributed by atoms with van der Waals surface area (Å²) in [6, 6.07) is 2.83. The quantitative estimate of drug-likeness (QED) is 0.821. The molecule has 2 aromatic heterocycles. The molecular formula is C9H6ClF3N4S. The van der Waals surface area contributed by atoms with Crippen LogP contribution in [-0.4, -0.2) is 20.0 Å². The number of nitrogens with zero attached hydrogens (tertiary/aromatic N) is 3. The first kappa shape index (κ1) is 13.0.